The van der Waals surface area contributed by atoms with Crippen molar-refractivity contribution >= 4 is 44.6 Å². The Kier molecular flexibility index (Phi) is 5.51. The first-order chi connectivity index (χ1) is 20.8. The predicted molar refractivity (Wildman–Crippen MR) is 170 cm³/mol. The molecular formula is C37H24N4O. The van der Waals surface area contributed by atoms with Gasteiger partial charge in [0.2, 0.25) is 0 Å². The van der Waals surface area contributed by atoms with E-state index >= 15 is 0 Å². The number of anilines is 2. The van der Waals surface area contributed by atoms with Crippen LogP contribution in [0.3, 0.4) is 0 Å². The van der Waals surface area contributed by atoms with Crippen LogP contribution < -0.4 is 9.64 Å². The van der Waals surface area contributed by atoms with Crippen LogP contribution in [-0.4, -0.2) is 10.4 Å². The molecule has 3 heterocycles. The lowest BCUT2D eigenvalue weighted by Gasteiger charge is -2.32. The van der Waals surface area contributed by atoms with Crippen LogP contribution in [0.15, 0.2) is 139 Å². The monoisotopic (exact) mass is 540 g/mol. The number of nitrogens with zero attached hydrogens (tertiary/aromatic N) is 4. The summed E-state index contributed by atoms with van der Waals surface area (Å²) in [6, 6.07) is 41.2. The van der Waals surface area contributed by atoms with Crippen LogP contribution in [-0.2, 0) is 0 Å². The number of para-hydroxylation sites is 5. The minimum atomic E-state index is 0.651. The number of amidine groups is 1. The van der Waals surface area contributed by atoms with E-state index in [0.29, 0.717) is 12.0 Å². The van der Waals surface area contributed by atoms with Crippen molar-refractivity contribution in [1.82, 2.24) is 4.57 Å². The van der Waals surface area contributed by atoms with Crippen molar-refractivity contribution in [3.8, 4) is 23.3 Å². The highest BCUT2D eigenvalue weighted by atomic mass is 16.5. The van der Waals surface area contributed by atoms with Crippen LogP contribution in [0.1, 0.15) is 17.5 Å². The second-order valence-corrected chi connectivity index (χ2v) is 10.4. The summed E-state index contributed by atoms with van der Waals surface area (Å²) in [4.78, 5) is 7.25. The molecule has 5 aromatic carbocycles. The van der Waals surface area contributed by atoms with Gasteiger partial charge in [-0.25, -0.2) is 4.99 Å². The Hall–Kier alpha value is -5.86. The quantitative estimate of drug-likeness (QED) is 0.220. The van der Waals surface area contributed by atoms with Crippen molar-refractivity contribution in [1.29, 1.82) is 5.26 Å². The highest BCUT2D eigenvalue weighted by Gasteiger charge is 2.27. The molecule has 0 fully saturated rings. The molecule has 0 amide bonds. The Balaban J connectivity index is 1.23. The Bertz CT molecular complexity index is 2110. The van der Waals surface area contributed by atoms with Crippen LogP contribution in [0.2, 0.25) is 0 Å². The number of fused-ring (bicyclic) bond motifs is 5. The van der Waals surface area contributed by atoms with Gasteiger partial charge in [-0.05, 0) is 77.9 Å². The van der Waals surface area contributed by atoms with Crippen molar-refractivity contribution < 1.29 is 4.74 Å². The maximum atomic E-state index is 9.27. The standard InChI is InChI=1S/C37H24N4O/c38-23-25-16-19-28(20-17-25)40-31-10-2-1-9-29(31)30-22-26(18-21-32(30)40)27-8-7-15-37(39-24-27)41-33-11-3-5-13-35(33)42-36-14-6-4-12-34(36)41/h1-14,16-22,24H,15H2. The predicted octanol–water partition coefficient (Wildman–Crippen LogP) is 9.30. The number of nitriles is 1. The Morgan fingerprint density at radius 2 is 1.40 bits per heavy atom. The van der Waals surface area contributed by atoms with Crippen LogP contribution in [0.25, 0.3) is 33.1 Å². The lowest BCUT2D eigenvalue weighted by Crippen LogP contribution is -2.28. The molecule has 2 aliphatic rings. The fourth-order valence-corrected chi connectivity index (χ4v) is 5.95. The molecule has 2 aliphatic heterocycles. The van der Waals surface area contributed by atoms with Gasteiger partial charge >= 0.3 is 0 Å². The van der Waals surface area contributed by atoms with E-state index < -0.39 is 0 Å². The molecule has 0 radical (unpaired) electrons. The Morgan fingerprint density at radius 3 is 2.17 bits per heavy atom. The van der Waals surface area contributed by atoms with Crippen LogP contribution in [0.5, 0.6) is 11.5 Å². The summed E-state index contributed by atoms with van der Waals surface area (Å²) < 4.78 is 8.46. The number of hydrogen-bond donors (Lipinski definition) is 0. The van der Waals surface area contributed by atoms with Gasteiger partial charge in [0.1, 0.15) is 5.84 Å². The molecule has 5 nitrogen and oxygen atoms in total. The number of ether oxygens (including phenoxy) is 1. The first-order valence-corrected chi connectivity index (χ1v) is 13.9. The molecule has 5 heteroatoms. The lowest BCUT2D eigenvalue weighted by atomic mass is 10.0. The lowest BCUT2D eigenvalue weighted by molar-refractivity contribution is 0.477. The number of aromatic nitrogens is 1. The molecule has 8 rings (SSSR count). The van der Waals surface area contributed by atoms with Gasteiger partial charge in [-0.15, -0.1) is 0 Å². The summed E-state index contributed by atoms with van der Waals surface area (Å²) in [7, 11) is 0. The SMILES string of the molecule is N#Cc1ccc(-n2c3ccccc3c3cc(C4=CN=C(N5c6ccccc6Oc6ccccc65)CC=C4)ccc32)cc1. The number of aliphatic imine (C=N–C) groups is 1. The normalized spacial score (nSPS) is 13.9. The molecule has 0 aliphatic carbocycles. The number of rotatable bonds is 2. The number of benzene rings is 5. The Labute approximate surface area is 243 Å². The molecule has 0 unspecified atom stereocenters. The van der Waals surface area contributed by atoms with Gasteiger partial charge in [-0.3, -0.25) is 4.90 Å². The largest absolute Gasteiger partial charge is 0.453 e. The van der Waals surface area contributed by atoms with Crippen molar-refractivity contribution in [2.75, 3.05) is 4.90 Å². The average Bonchev–Trinajstić information content (AvgIpc) is 3.18. The third kappa shape index (κ3) is 3.81. The second-order valence-electron chi connectivity index (χ2n) is 10.4. The van der Waals surface area contributed by atoms with Gasteiger partial charge in [-0.1, -0.05) is 60.7 Å². The van der Waals surface area contributed by atoms with Gasteiger partial charge in [0.15, 0.2) is 11.5 Å². The van der Waals surface area contributed by atoms with Crippen LogP contribution in [0.4, 0.5) is 11.4 Å². The molecule has 0 bridgehead atoms. The average molecular weight is 541 g/mol. The maximum Gasteiger partial charge on any atom is 0.151 e. The summed E-state index contributed by atoms with van der Waals surface area (Å²) in [6.45, 7) is 0. The van der Waals surface area contributed by atoms with E-state index in [1.807, 2.05) is 66.9 Å². The van der Waals surface area contributed by atoms with E-state index in [4.69, 9.17) is 9.73 Å². The fraction of sp³-hybridized carbons (Fsp3) is 0.0270. The fourth-order valence-electron chi connectivity index (χ4n) is 5.95. The number of allylic oxidation sites excluding steroid dienone is 2. The van der Waals surface area contributed by atoms with Crippen LogP contribution >= 0.6 is 0 Å². The molecule has 6 aromatic rings. The molecule has 0 saturated heterocycles. The summed E-state index contributed by atoms with van der Waals surface area (Å²) in [5.74, 6) is 2.57. The van der Waals surface area contributed by atoms with Crippen molar-refractivity contribution in [3.05, 3.63) is 145 Å². The van der Waals surface area contributed by atoms with E-state index in [0.717, 1.165) is 56.6 Å². The van der Waals surface area contributed by atoms with Gasteiger partial charge in [0.05, 0.1) is 34.0 Å². The second kappa shape index (κ2) is 9.65. The Morgan fingerprint density at radius 1 is 0.714 bits per heavy atom. The minimum absolute atomic E-state index is 0.651. The van der Waals surface area contributed by atoms with Crippen LogP contribution in [0, 0.1) is 11.3 Å². The topological polar surface area (TPSA) is 53.5 Å². The molecule has 0 spiro atoms. The minimum Gasteiger partial charge on any atom is -0.453 e. The first kappa shape index (κ1) is 24.0. The summed E-state index contributed by atoms with van der Waals surface area (Å²) in [5, 5.41) is 11.6. The molecule has 198 valence electrons. The molecule has 0 atom stereocenters. The zero-order valence-electron chi connectivity index (χ0n) is 22.6. The van der Waals surface area contributed by atoms with E-state index in [1.165, 1.54) is 10.8 Å². The van der Waals surface area contributed by atoms with Gasteiger partial charge < -0.3 is 9.30 Å². The number of hydrogen-bond acceptors (Lipinski definition) is 4. The van der Waals surface area contributed by atoms with Gasteiger partial charge in [0, 0.05) is 29.1 Å². The summed E-state index contributed by atoms with van der Waals surface area (Å²) in [5.41, 5.74) is 8.05. The highest BCUT2D eigenvalue weighted by Crippen LogP contribution is 2.47. The molecule has 42 heavy (non-hydrogen) atoms. The van der Waals surface area contributed by atoms with Crippen molar-refractivity contribution in [2.24, 2.45) is 4.99 Å². The van der Waals surface area contributed by atoms with E-state index in [9.17, 15) is 5.26 Å². The van der Waals surface area contributed by atoms with E-state index in [2.05, 4.69) is 82.3 Å². The third-order valence-electron chi connectivity index (χ3n) is 7.90. The van der Waals surface area contributed by atoms with Gasteiger partial charge in [-0.2, -0.15) is 5.26 Å². The van der Waals surface area contributed by atoms with Gasteiger partial charge in [0.25, 0.3) is 0 Å². The first-order valence-electron chi connectivity index (χ1n) is 13.9. The maximum absolute atomic E-state index is 9.27. The third-order valence-corrected chi connectivity index (χ3v) is 7.90. The van der Waals surface area contributed by atoms with Crippen molar-refractivity contribution in [2.45, 2.75) is 6.42 Å². The summed E-state index contributed by atoms with van der Waals surface area (Å²) >= 11 is 0. The molecular weight excluding hydrogens is 516 g/mol. The summed E-state index contributed by atoms with van der Waals surface area (Å²) in [6.07, 6.45) is 7.00. The highest BCUT2D eigenvalue weighted by molar-refractivity contribution is 6.11. The van der Waals surface area contributed by atoms with Crippen molar-refractivity contribution in [3.63, 3.8) is 0 Å². The smallest absolute Gasteiger partial charge is 0.151 e. The molecule has 0 saturated carbocycles. The van der Waals surface area contributed by atoms with E-state index in [1.54, 1.807) is 0 Å². The molecule has 0 N–H and O–H groups in total. The zero-order chi connectivity index (χ0) is 28.0. The molecule has 1 aromatic heterocycles. The van der Waals surface area contributed by atoms with E-state index in [-0.39, 0.29) is 0 Å². The zero-order valence-corrected chi connectivity index (χ0v) is 22.6.